The van der Waals surface area contributed by atoms with Crippen LogP contribution in [0.15, 0.2) is 48.7 Å². The molecule has 1 aromatic heterocycles. The van der Waals surface area contributed by atoms with Crippen LogP contribution in [0.5, 0.6) is 11.5 Å². The minimum atomic E-state index is -0.787. The summed E-state index contributed by atoms with van der Waals surface area (Å²) >= 11 is 13.1. The molecule has 0 aliphatic carbocycles. The van der Waals surface area contributed by atoms with E-state index in [-0.39, 0.29) is 43.5 Å². The second kappa shape index (κ2) is 12.1. The molecule has 4 aliphatic rings. The van der Waals surface area contributed by atoms with E-state index in [4.69, 9.17) is 51.6 Å². The fourth-order valence-corrected chi connectivity index (χ4v) is 6.47. The molecule has 4 aliphatic heterocycles. The maximum absolute atomic E-state index is 10.2. The highest BCUT2D eigenvalue weighted by Gasteiger charge is 2.57. The molecule has 44 heavy (non-hydrogen) atoms. The van der Waals surface area contributed by atoms with Crippen LogP contribution in [0.1, 0.15) is 6.92 Å². The predicted octanol–water partition coefficient (Wildman–Crippen LogP) is 3.72. The van der Waals surface area contributed by atoms with Gasteiger partial charge in [-0.15, -0.1) is 0 Å². The number of halogens is 2. The lowest BCUT2D eigenvalue weighted by Gasteiger charge is -2.25. The molecule has 2 aromatic carbocycles. The lowest BCUT2D eigenvalue weighted by Crippen LogP contribution is -2.45. The highest BCUT2D eigenvalue weighted by atomic mass is 35.5. The molecule has 0 spiro atoms. The molecule has 0 saturated carbocycles. The number of nitrogens with one attached hydrogen (secondary N) is 2. The number of aliphatic hydroxyl groups excluding tert-OH is 2. The number of benzene rings is 2. The highest BCUT2D eigenvalue weighted by molar-refractivity contribution is 6.32. The molecule has 1 unspecified atom stereocenters. The third kappa shape index (κ3) is 5.77. The number of aliphatic hydroxyl groups is 2. The number of fused-ring (bicyclic) bond motifs is 2. The van der Waals surface area contributed by atoms with Crippen molar-refractivity contribution in [3.8, 4) is 11.5 Å². The number of nitrogens with zero attached hydrogens (tertiary/aromatic N) is 2. The molecule has 12 nitrogen and oxygen atoms in total. The SMILES string of the molecule is C[C@]12OC[C@H](Oc3ccc(Nc4ccnc(Nc5ccc(OC[C@H]6CO[C@H]7C6OC[C@@H]7O)c(Cl)c5)n4)cc3Cl)[C@H]1OC[C@@H]2O. The first-order valence-electron chi connectivity index (χ1n) is 14.4. The summed E-state index contributed by atoms with van der Waals surface area (Å²) in [6.07, 6.45) is -0.904. The Morgan fingerprint density at radius 3 is 2.45 bits per heavy atom. The number of aromatic nitrogens is 2. The van der Waals surface area contributed by atoms with Crippen molar-refractivity contribution in [3.05, 3.63) is 58.7 Å². The third-order valence-electron chi connectivity index (χ3n) is 8.47. The summed E-state index contributed by atoms with van der Waals surface area (Å²) in [5.41, 5.74) is 0.596. The van der Waals surface area contributed by atoms with Gasteiger partial charge in [-0.05, 0) is 49.4 Å². The quantitative estimate of drug-likeness (QED) is 0.269. The number of anilines is 4. The summed E-state index contributed by atoms with van der Waals surface area (Å²) in [6, 6.07) is 12.4. The van der Waals surface area contributed by atoms with Crippen LogP contribution in [0.4, 0.5) is 23.1 Å². The van der Waals surface area contributed by atoms with E-state index in [2.05, 4.69) is 20.6 Å². The lowest BCUT2D eigenvalue weighted by atomic mass is 9.95. The fourth-order valence-electron chi connectivity index (χ4n) is 6.01. The molecule has 234 valence electrons. The Kier molecular flexibility index (Phi) is 8.18. The summed E-state index contributed by atoms with van der Waals surface area (Å²) < 4.78 is 34.9. The van der Waals surface area contributed by atoms with Gasteiger partial charge in [-0.25, -0.2) is 4.98 Å². The van der Waals surface area contributed by atoms with Crippen LogP contribution >= 0.6 is 23.2 Å². The van der Waals surface area contributed by atoms with E-state index < -0.39 is 17.8 Å². The molecule has 14 heteroatoms. The monoisotopic (exact) mass is 646 g/mol. The van der Waals surface area contributed by atoms with Gasteiger partial charge in [0.15, 0.2) is 6.10 Å². The Balaban J connectivity index is 0.948. The van der Waals surface area contributed by atoms with Gasteiger partial charge in [0.2, 0.25) is 5.95 Å². The molecule has 0 radical (unpaired) electrons. The summed E-state index contributed by atoms with van der Waals surface area (Å²) in [7, 11) is 0. The minimum Gasteiger partial charge on any atom is -0.492 e. The Hall–Kier alpha value is -2.94. The van der Waals surface area contributed by atoms with Gasteiger partial charge < -0.3 is 49.3 Å². The van der Waals surface area contributed by atoms with E-state index in [9.17, 15) is 10.2 Å². The number of ether oxygens (including phenoxy) is 6. The molecule has 8 atom stereocenters. The van der Waals surface area contributed by atoms with E-state index in [0.717, 1.165) is 0 Å². The first-order chi connectivity index (χ1) is 21.3. The normalized spacial score (nSPS) is 32.3. The first kappa shape index (κ1) is 29.8. The van der Waals surface area contributed by atoms with Crippen molar-refractivity contribution in [2.45, 2.75) is 49.1 Å². The summed E-state index contributed by atoms with van der Waals surface area (Å²) in [5.74, 6) is 1.94. The minimum absolute atomic E-state index is 0.0167. The Bertz CT molecular complexity index is 1520. The van der Waals surface area contributed by atoms with Gasteiger partial charge in [-0.2, -0.15) is 4.98 Å². The van der Waals surface area contributed by atoms with E-state index in [1.54, 1.807) is 36.5 Å². The van der Waals surface area contributed by atoms with Gasteiger partial charge in [-0.3, -0.25) is 0 Å². The van der Waals surface area contributed by atoms with Crippen molar-refractivity contribution in [2.75, 3.05) is 43.7 Å². The van der Waals surface area contributed by atoms with Gasteiger partial charge in [-0.1, -0.05) is 23.2 Å². The van der Waals surface area contributed by atoms with Crippen LogP contribution < -0.4 is 20.1 Å². The van der Waals surface area contributed by atoms with Crippen LogP contribution in [0, 0.1) is 5.92 Å². The summed E-state index contributed by atoms with van der Waals surface area (Å²) in [5, 5.41) is 27.3. The van der Waals surface area contributed by atoms with E-state index >= 15 is 0 Å². The maximum Gasteiger partial charge on any atom is 0.229 e. The van der Waals surface area contributed by atoms with E-state index in [0.29, 0.717) is 64.5 Å². The highest BCUT2D eigenvalue weighted by Crippen LogP contribution is 2.40. The standard InChI is InChI=1S/C30H32Cl2N4O8/c1-30-24(38)14-42-28(30)23(13-43-30)44-22-5-3-16(8-19(22)32)34-25-6-7-33-29(36-25)35-17-2-4-21(18(31)9-17)39-10-15-11-40-27-20(37)12-41-26(15)27/h2-9,15,20,23-24,26-28,37-38H,10-14H2,1H3,(H2,33,34,35,36)/t15-,20-,23-,24-,26?,27+,28+,30+/m0/s1. The zero-order valence-corrected chi connectivity index (χ0v) is 25.2. The Morgan fingerprint density at radius 2 is 1.66 bits per heavy atom. The largest absolute Gasteiger partial charge is 0.492 e. The van der Waals surface area contributed by atoms with Crippen molar-refractivity contribution in [3.63, 3.8) is 0 Å². The lowest BCUT2D eigenvalue weighted by molar-refractivity contribution is -0.0621. The molecule has 0 bridgehead atoms. The van der Waals surface area contributed by atoms with Crippen LogP contribution in [-0.4, -0.2) is 95.4 Å². The Labute approximate surface area is 263 Å². The number of hydrogen-bond donors (Lipinski definition) is 4. The van der Waals surface area contributed by atoms with Crippen molar-refractivity contribution < 1.29 is 38.6 Å². The van der Waals surface area contributed by atoms with Crippen molar-refractivity contribution >= 4 is 46.3 Å². The topological polar surface area (TPSA) is 146 Å². The van der Waals surface area contributed by atoms with Crippen LogP contribution in [0.3, 0.4) is 0 Å². The zero-order valence-electron chi connectivity index (χ0n) is 23.7. The van der Waals surface area contributed by atoms with Gasteiger partial charge in [0, 0.05) is 23.5 Å². The van der Waals surface area contributed by atoms with Gasteiger partial charge in [0.05, 0.1) is 49.2 Å². The van der Waals surface area contributed by atoms with Crippen molar-refractivity contribution in [1.82, 2.24) is 9.97 Å². The number of rotatable bonds is 9. The van der Waals surface area contributed by atoms with Gasteiger partial charge in [0.25, 0.3) is 0 Å². The summed E-state index contributed by atoms with van der Waals surface area (Å²) in [4.78, 5) is 8.85. The smallest absolute Gasteiger partial charge is 0.229 e. The van der Waals surface area contributed by atoms with Gasteiger partial charge >= 0.3 is 0 Å². The zero-order chi connectivity index (χ0) is 30.4. The van der Waals surface area contributed by atoms with Crippen LogP contribution in [0.2, 0.25) is 10.0 Å². The average Bonchev–Trinajstić information content (AvgIpc) is 3.74. The maximum atomic E-state index is 10.2. The molecule has 7 rings (SSSR count). The Morgan fingerprint density at radius 1 is 0.909 bits per heavy atom. The average molecular weight is 648 g/mol. The second-order valence-corrected chi connectivity index (χ2v) is 12.3. The molecular formula is C30H32Cl2N4O8. The van der Waals surface area contributed by atoms with E-state index in [1.165, 1.54) is 0 Å². The van der Waals surface area contributed by atoms with Crippen LogP contribution in [0.25, 0.3) is 0 Å². The first-order valence-corrected chi connectivity index (χ1v) is 15.1. The molecule has 0 amide bonds. The van der Waals surface area contributed by atoms with E-state index in [1.807, 2.05) is 19.1 Å². The fraction of sp³-hybridized carbons (Fsp3) is 0.467. The third-order valence-corrected chi connectivity index (χ3v) is 9.06. The van der Waals surface area contributed by atoms with Crippen molar-refractivity contribution in [1.29, 1.82) is 0 Å². The molecule has 5 heterocycles. The van der Waals surface area contributed by atoms with Crippen LogP contribution in [-0.2, 0) is 18.9 Å². The molecule has 4 N–H and O–H groups in total. The number of hydrogen-bond acceptors (Lipinski definition) is 12. The predicted molar refractivity (Wildman–Crippen MR) is 160 cm³/mol. The molecule has 4 saturated heterocycles. The molecular weight excluding hydrogens is 615 g/mol. The summed E-state index contributed by atoms with van der Waals surface area (Å²) in [6.45, 7) is 3.44. The molecule has 4 fully saturated rings. The molecule has 3 aromatic rings. The second-order valence-electron chi connectivity index (χ2n) is 11.5. The van der Waals surface area contributed by atoms with Gasteiger partial charge in [0.1, 0.15) is 47.3 Å². The van der Waals surface area contributed by atoms with Crippen molar-refractivity contribution in [2.24, 2.45) is 5.92 Å².